The Morgan fingerprint density at radius 1 is 0.415 bits per heavy atom. The number of unbranched alkanes of at least 4 members (excludes halogenated alkanes) is 44. The van der Waals surface area contributed by atoms with E-state index in [1.807, 2.05) is 6.08 Å². The molecule has 82 heavy (non-hydrogen) atoms. The van der Waals surface area contributed by atoms with Crippen LogP contribution in [0.1, 0.15) is 341 Å². The van der Waals surface area contributed by atoms with Crippen LogP contribution < -0.4 is 5.32 Å². The van der Waals surface area contributed by atoms with Crippen molar-refractivity contribution in [1.82, 2.24) is 5.32 Å². The molecule has 480 valence electrons. The normalized spacial score (nSPS) is 18.6. The quantitative estimate of drug-likeness (QED) is 0.0261. The summed E-state index contributed by atoms with van der Waals surface area (Å²) in [5, 5.41) is 54.8. The van der Waals surface area contributed by atoms with Gasteiger partial charge in [0.2, 0.25) is 5.91 Å². The van der Waals surface area contributed by atoms with E-state index in [-0.39, 0.29) is 12.5 Å². The summed E-state index contributed by atoms with van der Waals surface area (Å²) in [6, 6.07) is -0.825. The molecule has 1 saturated heterocycles. The van der Waals surface area contributed by atoms with Gasteiger partial charge in [-0.3, -0.25) is 4.79 Å². The van der Waals surface area contributed by atoms with Crippen LogP contribution >= 0.6 is 0 Å². The van der Waals surface area contributed by atoms with Crippen molar-refractivity contribution in [2.75, 3.05) is 13.2 Å². The lowest BCUT2D eigenvalue weighted by atomic mass is 9.99. The highest BCUT2D eigenvalue weighted by molar-refractivity contribution is 5.76. The zero-order valence-corrected chi connectivity index (χ0v) is 53.8. The Hall–Kier alpha value is -2.11. The second-order valence-electron chi connectivity index (χ2n) is 24.7. The Labute approximate surface area is 506 Å². The van der Waals surface area contributed by atoms with E-state index in [0.29, 0.717) is 6.42 Å². The SMILES string of the molecule is CCCCCCC/C=C\C/C=C\C/C=C\CCCCCCCCCCCCCCCCCCC(=O)NC(COC1OC(CO)C(O)C(O)C1O)C(O)/C=C/CC/C=C/CCCCCCCCCCCCCCCCCCCCCCCC. The fourth-order valence-electron chi connectivity index (χ4n) is 11.2. The number of allylic oxidation sites excluding steroid dienone is 9. The van der Waals surface area contributed by atoms with Gasteiger partial charge in [-0.2, -0.15) is 0 Å². The number of ether oxygens (including phenoxy) is 2. The van der Waals surface area contributed by atoms with Crippen LogP contribution in [0.15, 0.2) is 60.8 Å². The van der Waals surface area contributed by atoms with Gasteiger partial charge in [0.05, 0.1) is 25.4 Å². The summed E-state index contributed by atoms with van der Waals surface area (Å²) >= 11 is 0. The molecule has 0 aromatic heterocycles. The van der Waals surface area contributed by atoms with Crippen molar-refractivity contribution in [1.29, 1.82) is 0 Å². The standard InChI is InChI=1S/C73H135NO8/c1-3-5-7-9-11-13-15-17-19-21-23-25-27-29-31-33-34-35-37-39-41-43-45-47-49-51-53-55-57-59-61-63-69(77)74-66(65-81-73-72(80)71(79)70(78)68(64-75)82-73)67(76)62-60-58-56-54-52-50-48-46-44-42-40-38-36-32-30-28-26-24-22-20-18-16-14-12-10-8-6-4-2/h15,17,21,23,27,29,52,54,60,62,66-68,70-73,75-76,78-80H,3-14,16,18-20,22,24-26,28,30-51,53,55-59,61,63-65H2,1-2H3,(H,74,77)/b17-15-,23-21-,29-27-,54-52+,62-60+. The Morgan fingerprint density at radius 3 is 1.11 bits per heavy atom. The second-order valence-corrected chi connectivity index (χ2v) is 24.7. The number of hydrogen-bond donors (Lipinski definition) is 6. The van der Waals surface area contributed by atoms with Gasteiger partial charge in [0.15, 0.2) is 6.29 Å². The number of carbonyl (C=O) groups excluding carboxylic acids is 1. The van der Waals surface area contributed by atoms with E-state index >= 15 is 0 Å². The van der Waals surface area contributed by atoms with E-state index in [1.54, 1.807) is 6.08 Å². The minimum atomic E-state index is -1.57. The minimum Gasteiger partial charge on any atom is -0.394 e. The molecule has 1 aliphatic heterocycles. The molecule has 1 amide bonds. The monoisotopic (exact) mass is 1150 g/mol. The van der Waals surface area contributed by atoms with Crippen molar-refractivity contribution < 1.29 is 39.8 Å². The third-order valence-electron chi connectivity index (χ3n) is 16.8. The molecular formula is C73H135NO8. The molecule has 1 aliphatic rings. The number of nitrogens with one attached hydrogen (secondary N) is 1. The van der Waals surface area contributed by atoms with Crippen LogP contribution in [0.4, 0.5) is 0 Å². The molecule has 0 aromatic carbocycles. The Balaban J connectivity index is 2.15. The van der Waals surface area contributed by atoms with Crippen molar-refractivity contribution in [3.05, 3.63) is 60.8 Å². The number of amides is 1. The highest BCUT2D eigenvalue weighted by Crippen LogP contribution is 2.23. The smallest absolute Gasteiger partial charge is 0.220 e. The Bertz CT molecular complexity index is 1480. The van der Waals surface area contributed by atoms with Crippen LogP contribution in [-0.4, -0.2) is 87.5 Å². The number of rotatable bonds is 62. The summed E-state index contributed by atoms with van der Waals surface area (Å²) in [7, 11) is 0. The Morgan fingerprint density at radius 2 is 0.732 bits per heavy atom. The van der Waals surface area contributed by atoms with Gasteiger partial charge in [0.25, 0.3) is 0 Å². The predicted molar refractivity (Wildman–Crippen MR) is 350 cm³/mol. The number of aliphatic hydroxyl groups excluding tert-OH is 5. The zero-order chi connectivity index (χ0) is 59.3. The molecule has 0 aliphatic carbocycles. The molecule has 0 saturated carbocycles. The molecule has 9 heteroatoms. The van der Waals surface area contributed by atoms with Crippen molar-refractivity contribution >= 4 is 5.91 Å². The zero-order valence-electron chi connectivity index (χ0n) is 53.8. The molecule has 0 radical (unpaired) electrons. The van der Waals surface area contributed by atoms with Crippen LogP contribution in [0.3, 0.4) is 0 Å². The highest BCUT2D eigenvalue weighted by Gasteiger charge is 2.44. The molecular weight excluding hydrogens is 1020 g/mol. The first-order valence-electron chi connectivity index (χ1n) is 35.5. The van der Waals surface area contributed by atoms with Crippen molar-refractivity contribution in [3.8, 4) is 0 Å². The van der Waals surface area contributed by atoms with E-state index in [4.69, 9.17) is 9.47 Å². The largest absolute Gasteiger partial charge is 0.394 e. The first-order valence-corrected chi connectivity index (χ1v) is 35.5. The third-order valence-corrected chi connectivity index (χ3v) is 16.8. The fourth-order valence-corrected chi connectivity index (χ4v) is 11.2. The summed E-state index contributed by atoms with van der Waals surface area (Å²) < 4.78 is 11.3. The van der Waals surface area contributed by atoms with Crippen molar-refractivity contribution in [2.24, 2.45) is 0 Å². The van der Waals surface area contributed by atoms with Crippen LogP contribution in [0.25, 0.3) is 0 Å². The summed E-state index contributed by atoms with van der Waals surface area (Å²) in [6.07, 6.45) is 79.0. The van der Waals surface area contributed by atoms with E-state index in [9.17, 15) is 30.3 Å². The van der Waals surface area contributed by atoms with Crippen LogP contribution in [0, 0.1) is 0 Å². The molecule has 0 aromatic rings. The average Bonchev–Trinajstić information content (AvgIpc) is 3.52. The molecule has 7 atom stereocenters. The van der Waals surface area contributed by atoms with Crippen LogP contribution in [0.2, 0.25) is 0 Å². The van der Waals surface area contributed by atoms with Gasteiger partial charge in [-0.05, 0) is 70.6 Å². The molecule has 6 N–H and O–H groups in total. The van der Waals surface area contributed by atoms with Gasteiger partial charge < -0.3 is 40.3 Å². The molecule has 1 heterocycles. The first-order chi connectivity index (χ1) is 40.3. The first kappa shape index (κ1) is 77.9. The second kappa shape index (κ2) is 62.0. The van der Waals surface area contributed by atoms with Gasteiger partial charge in [0.1, 0.15) is 24.4 Å². The number of aliphatic hydroxyl groups is 5. The van der Waals surface area contributed by atoms with E-state index < -0.39 is 49.5 Å². The summed E-state index contributed by atoms with van der Waals surface area (Å²) in [4.78, 5) is 13.1. The minimum absolute atomic E-state index is 0.183. The Kier molecular flexibility index (Phi) is 58.9. The van der Waals surface area contributed by atoms with Gasteiger partial charge in [-0.25, -0.2) is 0 Å². The molecule has 0 spiro atoms. The molecule has 9 nitrogen and oxygen atoms in total. The van der Waals surface area contributed by atoms with E-state index in [0.717, 1.165) is 51.4 Å². The van der Waals surface area contributed by atoms with Crippen molar-refractivity contribution in [2.45, 2.75) is 384 Å². The summed E-state index contributed by atoms with van der Waals surface area (Å²) in [5.41, 5.74) is 0. The fraction of sp³-hybridized carbons (Fsp3) is 0.849. The molecule has 7 unspecified atom stereocenters. The van der Waals surface area contributed by atoms with Gasteiger partial charge in [-0.15, -0.1) is 0 Å². The predicted octanol–water partition coefficient (Wildman–Crippen LogP) is 19.4. The lowest BCUT2D eigenvalue weighted by molar-refractivity contribution is -0.302. The van der Waals surface area contributed by atoms with E-state index in [1.165, 1.54) is 270 Å². The summed E-state index contributed by atoms with van der Waals surface area (Å²) in [5.74, 6) is -0.183. The van der Waals surface area contributed by atoms with Crippen molar-refractivity contribution in [3.63, 3.8) is 0 Å². The number of hydrogen-bond acceptors (Lipinski definition) is 8. The molecule has 0 bridgehead atoms. The van der Waals surface area contributed by atoms with Gasteiger partial charge >= 0.3 is 0 Å². The average molecular weight is 1150 g/mol. The summed E-state index contributed by atoms with van der Waals surface area (Å²) in [6.45, 7) is 3.80. The molecule has 1 fully saturated rings. The van der Waals surface area contributed by atoms with Crippen LogP contribution in [-0.2, 0) is 14.3 Å². The van der Waals surface area contributed by atoms with Gasteiger partial charge in [-0.1, -0.05) is 325 Å². The number of carbonyl (C=O) groups is 1. The van der Waals surface area contributed by atoms with E-state index in [2.05, 4.69) is 67.8 Å². The lowest BCUT2D eigenvalue weighted by Gasteiger charge is -2.40. The maximum atomic E-state index is 13.1. The van der Waals surface area contributed by atoms with Gasteiger partial charge in [0, 0.05) is 6.42 Å². The maximum Gasteiger partial charge on any atom is 0.220 e. The topological polar surface area (TPSA) is 149 Å². The van der Waals surface area contributed by atoms with Crippen LogP contribution in [0.5, 0.6) is 0 Å². The molecule has 1 rings (SSSR count). The lowest BCUT2D eigenvalue weighted by Crippen LogP contribution is -2.60. The highest BCUT2D eigenvalue weighted by atomic mass is 16.7. The maximum absolute atomic E-state index is 13.1. The third kappa shape index (κ3) is 50.1.